The van der Waals surface area contributed by atoms with Crippen LogP contribution in [0.5, 0.6) is 5.75 Å². The molecule has 1 aromatic carbocycles. The number of nitrogens with zero attached hydrogens (tertiary/aromatic N) is 3. The number of benzene rings is 1. The van der Waals surface area contributed by atoms with Gasteiger partial charge in [-0.2, -0.15) is 0 Å². The number of pyridine rings is 1. The van der Waals surface area contributed by atoms with Crippen molar-refractivity contribution in [3.05, 3.63) is 47.1 Å². The van der Waals surface area contributed by atoms with Crippen LogP contribution in [-0.2, 0) is 10.0 Å². The second-order valence-corrected chi connectivity index (χ2v) is 10.4. The van der Waals surface area contributed by atoms with Gasteiger partial charge in [-0.15, -0.1) is 0 Å². The molecule has 2 aromatic rings. The number of carbonyl (C=O) groups excluding carboxylic acids is 1. The summed E-state index contributed by atoms with van der Waals surface area (Å²) in [4.78, 5) is 21.1. The van der Waals surface area contributed by atoms with E-state index in [1.807, 2.05) is 6.07 Å². The Balaban J connectivity index is 1.77. The maximum Gasteiger partial charge on any atom is 0.254 e. The van der Waals surface area contributed by atoms with Crippen molar-refractivity contribution in [1.82, 2.24) is 14.6 Å². The maximum absolute atomic E-state index is 13.1. The van der Waals surface area contributed by atoms with Crippen LogP contribution in [-0.4, -0.2) is 63.0 Å². The van der Waals surface area contributed by atoms with Gasteiger partial charge in [-0.25, -0.2) is 18.1 Å². The van der Waals surface area contributed by atoms with Crippen molar-refractivity contribution in [3.8, 4) is 5.75 Å². The number of ether oxygens (including phenoxy) is 1. The van der Waals surface area contributed by atoms with E-state index in [0.717, 1.165) is 5.82 Å². The maximum atomic E-state index is 13.1. The minimum atomic E-state index is -3.87. The van der Waals surface area contributed by atoms with E-state index in [0.29, 0.717) is 36.8 Å². The lowest BCUT2D eigenvalue weighted by atomic mass is 10.1. The van der Waals surface area contributed by atoms with Crippen LogP contribution in [0.15, 0.2) is 41.4 Å². The number of carbonyl (C=O) groups is 1. The Kier molecular flexibility index (Phi) is 6.78. The fraction of sp³-hybridized carbons (Fsp3) is 0.429. The SMILES string of the molecule is COc1ccc(C(=O)N2CCN(c3ccc(Cl)cn3)CC2)cc1S(=O)(=O)NC(C)(C)C. The van der Waals surface area contributed by atoms with Gasteiger partial charge >= 0.3 is 0 Å². The Morgan fingerprint density at radius 2 is 1.81 bits per heavy atom. The number of rotatable bonds is 5. The molecule has 1 aromatic heterocycles. The van der Waals surface area contributed by atoms with E-state index >= 15 is 0 Å². The van der Waals surface area contributed by atoms with E-state index in [9.17, 15) is 13.2 Å². The summed E-state index contributed by atoms with van der Waals surface area (Å²) >= 11 is 5.89. The van der Waals surface area contributed by atoms with Gasteiger partial charge in [-0.05, 0) is 51.1 Å². The fourth-order valence-corrected chi connectivity index (χ4v) is 5.08. The molecule has 1 saturated heterocycles. The molecule has 0 radical (unpaired) electrons. The predicted octanol–water partition coefficient (Wildman–Crippen LogP) is 2.78. The number of sulfonamides is 1. The van der Waals surface area contributed by atoms with Crippen LogP contribution in [0.25, 0.3) is 0 Å². The summed E-state index contributed by atoms with van der Waals surface area (Å²) in [6.07, 6.45) is 1.60. The van der Waals surface area contributed by atoms with E-state index in [2.05, 4.69) is 14.6 Å². The smallest absolute Gasteiger partial charge is 0.254 e. The third kappa shape index (κ3) is 5.66. The number of hydrogen-bond donors (Lipinski definition) is 1. The zero-order valence-corrected chi connectivity index (χ0v) is 19.6. The lowest BCUT2D eigenvalue weighted by Gasteiger charge is -2.35. The third-order valence-corrected chi connectivity index (χ3v) is 6.75. The molecule has 2 heterocycles. The van der Waals surface area contributed by atoms with Gasteiger partial charge in [0.15, 0.2) is 0 Å². The monoisotopic (exact) mass is 466 g/mol. The molecule has 10 heteroatoms. The molecule has 0 unspecified atom stereocenters. The zero-order chi connectivity index (χ0) is 22.8. The molecule has 31 heavy (non-hydrogen) atoms. The molecule has 1 aliphatic heterocycles. The van der Waals surface area contributed by atoms with E-state index in [-0.39, 0.29) is 16.6 Å². The molecule has 1 N–H and O–H groups in total. The van der Waals surface area contributed by atoms with Crippen molar-refractivity contribution >= 4 is 33.3 Å². The Morgan fingerprint density at radius 3 is 2.35 bits per heavy atom. The molecule has 1 fully saturated rings. The van der Waals surface area contributed by atoms with E-state index in [1.54, 1.807) is 44.0 Å². The first-order valence-corrected chi connectivity index (χ1v) is 11.7. The van der Waals surface area contributed by atoms with Crippen LogP contribution in [0.1, 0.15) is 31.1 Å². The van der Waals surface area contributed by atoms with Gasteiger partial charge in [0.05, 0.1) is 12.1 Å². The van der Waals surface area contributed by atoms with Crippen LogP contribution < -0.4 is 14.4 Å². The number of methoxy groups -OCH3 is 1. The summed E-state index contributed by atoms with van der Waals surface area (Å²) in [6, 6.07) is 8.11. The first kappa shape index (κ1) is 23.3. The first-order chi connectivity index (χ1) is 14.5. The van der Waals surface area contributed by atoms with Gasteiger partial charge in [-0.1, -0.05) is 11.6 Å². The summed E-state index contributed by atoms with van der Waals surface area (Å²) in [5, 5.41) is 0.573. The Hall–Kier alpha value is -2.36. The number of amides is 1. The van der Waals surface area contributed by atoms with Crippen molar-refractivity contribution in [2.45, 2.75) is 31.2 Å². The molecular weight excluding hydrogens is 440 g/mol. The van der Waals surface area contributed by atoms with Crippen LogP contribution in [0.2, 0.25) is 5.02 Å². The molecule has 0 atom stereocenters. The average Bonchev–Trinajstić information content (AvgIpc) is 2.72. The number of nitrogens with one attached hydrogen (secondary N) is 1. The topological polar surface area (TPSA) is 91.8 Å². The van der Waals surface area contributed by atoms with E-state index in [1.165, 1.54) is 19.2 Å². The van der Waals surface area contributed by atoms with Gasteiger partial charge in [-0.3, -0.25) is 4.79 Å². The van der Waals surface area contributed by atoms with E-state index in [4.69, 9.17) is 16.3 Å². The standard InChI is InChI=1S/C21H27ClN4O4S/c1-21(2,3)24-31(28,29)18-13-15(5-7-17(18)30-4)20(27)26-11-9-25(10-12-26)19-8-6-16(22)14-23-19/h5-8,13-14,24H,9-12H2,1-4H3. The Bertz CT molecular complexity index is 1040. The third-order valence-electron chi connectivity index (χ3n) is 4.74. The summed E-state index contributed by atoms with van der Waals surface area (Å²) < 4.78 is 33.6. The van der Waals surface area contributed by atoms with Crippen LogP contribution in [0.4, 0.5) is 5.82 Å². The molecule has 0 saturated carbocycles. The molecule has 3 rings (SSSR count). The number of aromatic nitrogens is 1. The highest BCUT2D eigenvalue weighted by Crippen LogP contribution is 2.27. The molecule has 0 spiro atoms. The highest BCUT2D eigenvalue weighted by molar-refractivity contribution is 7.89. The predicted molar refractivity (Wildman–Crippen MR) is 120 cm³/mol. The summed E-state index contributed by atoms with van der Waals surface area (Å²) in [5.41, 5.74) is -0.372. The van der Waals surface area contributed by atoms with Crippen molar-refractivity contribution in [2.75, 3.05) is 38.2 Å². The molecule has 0 bridgehead atoms. The van der Waals surface area contributed by atoms with Crippen molar-refractivity contribution in [1.29, 1.82) is 0 Å². The van der Waals surface area contributed by atoms with Gasteiger partial charge in [0, 0.05) is 43.5 Å². The van der Waals surface area contributed by atoms with Crippen molar-refractivity contribution in [2.24, 2.45) is 0 Å². The number of piperazine rings is 1. The van der Waals surface area contributed by atoms with Crippen molar-refractivity contribution in [3.63, 3.8) is 0 Å². The molecule has 0 aliphatic carbocycles. The van der Waals surface area contributed by atoms with E-state index < -0.39 is 15.6 Å². The minimum Gasteiger partial charge on any atom is -0.495 e. The average molecular weight is 467 g/mol. The summed E-state index contributed by atoms with van der Waals surface area (Å²) in [5.74, 6) is 0.771. The minimum absolute atomic E-state index is 0.0558. The number of halogens is 1. The normalized spacial score (nSPS) is 15.1. The highest BCUT2D eigenvalue weighted by Gasteiger charge is 2.28. The largest absolute Gasteiger partial charge is 0.495 e. The highest BCUT2D eigenvalue weighted by atomic mass is 35.5. The van der Waals surface area contributed by atoms with Gasteiger partial charge in [0.25, 0.3) is 5.91 Å². The Morgan fingerprint density at radius 1 is 1.13 bits per heavy atom. The van der Waals surface area contributed by atoms with Crippen LogP contribution in [0, 0.1) is 0 Å². The molecule has 1 amide bonds. The quantitative estimate of drug-likeness (QED) is 0.728. The summed E-state index contributed by atoms with van der Waals surface area (Å²) in [6.45, 7) is 7.48. The lowest BCUT2D eigenvalue weighted by molar-refractivity contribution is 0.0746. The first-order valence-electron chi connectivity index (χ1n) is 9.88. The Labute approximate surface area is 188 Å². The van der Waals surface area contributed by atoms with Crippen molar-refractivity contribution < 1.29 is 17.9 Å². The molecule has 168 valence electrons. The van der Waals surface area contributed by atoms with Gasteiger partial charge in [0.2, 0.25) is 10.0 Å². The van der Waals surface area contributed by atoms with Crippen LogP contribution in [0.3, 0.4) is 0 Å². The zero-order valence-electron chi connectivity index (χ0n) is 18.1. The fourth-order valence-electron chi connectivity index (χ4n) is 3.35. The molecule has 1 aliphatic rings. The van der Waals surface area contributed by atoms with Gasteiger partial charge in [0.1, 0.15) is 16.5 Å². The second kappa shape index (κ2) is 9.02. The number of anilines is 1. The molecule has 8 nitrogen and oxygen atoms in total. The second-order valence-electron chi connectivity index (χ2n) is 8.34. The van der Waals surface area contributed by atoms with Crippen LogP contribution >= 0.6 is 11.6 Å². The molecular formula is C21H27ClN4O4S. The summed E-state index contributed by atoms with van der Waals surface area (Å²) in [7, 11) is -2.47. The van der Waals surface area contributed by atoms with Gasteiger partial charge < -0.3 is 14.5 Å². The lowest BCUT2D eigenvalue weighted by Crippen LogP contribution is -2.49. The number of hydrogen-bond acceptors (Lipinski definition) is 6.